The van der Waals surface area contributed by atoms with Gasteiger partial charge in [0, 0.05) is 29.4 Å². The van der Waals surface area contributed by atoms with E-state index in [-0.39, 0.29) is 17.9 Å². The number of aromatic nitrogens is 1. The molecular weight excluding hydrogens is 319 g/mol. The van der Waals surface area contributed by atoms with E-state index in [2.05, 4.69) is 26.9 Å². The van der Waals surface area contributed by atoms with E-state index in [0.717, 1.165) is 23.4 Å². The Morgan fingerprint density at radius 2 is 2.28 bits per heavy atom. The maximum Gasteiger partial charge on any atom is 0.253 e. The van der Waals surface area contributed by atoms with Crippen molar-refractivity contribution in [1.82, 2.24) is 10.3 Å². The highest BCUT2D eigenvalue weighted by molar-refractivity contribution is 6.38. The number of hydrogen-bond donors (Lipinski definition) is 2. The Morgan fingerprint density at radius 1 is 1.44 bits per heavy atom. The van der Waals surface area contributed by atoms with Crippen molar-refractivity contribution in [2.45, 2.75) is 31.3 Å². The third-order valence-corrected chi connectivity index (χ3v) is 4.89. The van der Waals surface area contributed by atoms with Gasteiger partial charge >= 0.3 is 0 Å². The number of H-pyrrole nitrogens is 1. The number of allylic oxidation sites excluding steroid dienone is 3. The highest BCUT2D eigenvalue weighted by Crippen LogP contribution is 2.34. The number of aliphatic imine (C=N–C) groups is 2. The summed E-state index contributed by atoms with van der Waals surface area (Å²) in [4.78, 5) is 24.2. The molecule has 0 bridgehead atoms. The molecule has 1 aromatic heterocycles. The number of hydrogen-bond acceptors (Lipinski definition) is 3. The van der Waals surface area contributed by atoms with Crippen molar-refractivity contribution in [3.8, 4) is 0 Å². The second-order valence-electron chi connectivity index (χ2n) is 6.52. The van der Waals surface area contributed by atoms with E-state index in [1.54, 1.807) is 6.92 Å². The van der Waals surface area contributed by atoms with E-state index in [9.17, 15) is 9.18 Å². The fraction of sp³-hybridized carbons (Fsp3) is 0.316. The van der Waals surface area contributed by atoms with Gasteiger partial charge in [-0.1, -0.05) is 24.3 Å². The summed E-state index contributed by atoms with van der Waals surface area (Å²) in [6.07, 6.45) is 8.36. The van der Waals surface area contributed by atoms with E-state index >= 15 is 0 Å². The van der Waals surface area contributed by atoms with Crippen LogP contribution in [0.25, 0.3) is 5.57 Å². The molecule has 3 aliphatic rings. The molecule has 128 valence electrons. The molecule has 0 aromatic carbocycles. The number of halogens is 1. The molecule has 0 radical (unpaired) electrons. The van der Waals surface area contributed by atoms with Gasteiger partial charge in [-0.25, -0.2) is 4.99 Å². The number of rotatable bonds is 3. The molecule has 3 heterocycles. The number of aromatic amines is 1. The molecule has 3 atom stereocenters. The van der Waals surface area contributed by atoms with E-state index in [1.807, 2.05) is 30.4 Å². The van der Waals surface area contributed by atoms with Crippen LogP contribution in [0.1, 0.15) is 41.0 Å². The van der Waals surface area contributed by atoms with Gasteiger partial charge in [0.05, 0.1) is 17.3 Å². The first-order chi connectivity index (χ1) is 12.1. The number of carbonyl (C=O) groups is 1. The van der Waals surface area contributed by atoms with E-state index < -0.39 is 12.0 Å². The smallest absolute Gasteiger partial charge is 0.253 e. The topological polar surface area (TPSA) is 69.6 Å². The average molecular weight is 338 g/mol. The summed E-state index contributed by atoms with van der Waals surface area (Å²) in [6, 6.07) is 1.22. The molecule has 4 rings (SSSR count). The summed E-state index contributed by atoms with van der Waals surface area (Å²) in [6.45, 7) is 6.00. The lowest BCUT2D eigenvalue weighted by molar-refractivity contribution is 0.0940. The highest BCUT2D eigenvalue weighted by Gasteiger charge is 2.33. The van der Waals surface area contributed by atoms with Crippen molar-refractivity contribution >= 4 is 23.2 Å². The fourth-order valence-corrected chi connectivity index (χ4v) is 3.61. The molecule has 1 aliphatic carbocycles. The number of nitrogens with one attached hydrogen (secondary N) is 2. The van der Waals surface area contributed by atoms with Crippen molar-refractivity contribution in [3.63, 3.8) is 0 Å². The lowest BCUT2D eigenvalue weighted by atomic mass is 9.91. The minimum Gasteiger partial charge on any atom is -0.358 e. The SMILES string of the molecule is C=CC[C@H]1CNC(=O)c2cc(C3=CC=CC4N=C(C)C(F)=NC34)[nH]c21. The fourth-order valence-electron chi connectivity index (χ4n) is 3.61. The zero-order chi connectivity index (χ0) is 17.6. The number of nitrogens with zero attached hydrogens (tertiary/aromatic N) is 2. The van der Waals surface area contributed by atoms with E-state index in [4.69, 9.17) is 0 Å². The third kappa shape index (κ3) is 2.58. The molecule has 1 amide bonds. The first-order valence-corrected chi connectivity index (χ1v) is 8.37. The van der Waals surface area contributed by atoms with Crippen LogP contribution in [-0.4, -0.2) is 41.2 Å². The number of amides is 1. The molecule has 5 nitrogen and oxygen atoms in total. The predicted octanol–water partition coefficient (Wildman–Crippen LogP) is 2.95. The van der Waals surface area contributed by atoms with Crippen LogP contribution in [-0.2, 0) is 0 Å². The molecule has 0 spiro atoms. The van der Waals surface area contributed by atoms with Gasteiger partial charge in [0.25, 0.3) is 5.91 Å². The lowest BCUT2D eigenvalue weighted by Gasteiger charge is -2.26. The normalized spacial score (nSPS) is 27.5. The minimum atomic E-state index is -0.527. The zero-order valence-corrected chi connectivity index (χ0v) is 13.9. The summed E-state index contributed by atoms with van der Waals surface area (Å²) in [5.41, 5.74) is 3.51. The Labute approximate surface area is 145 Å². The van der Waals surface area contributed by atoms with Gasteiger partial charge < -0.3 is 10.3 Å². The quantitative estimate of drug-likeness (QED) is 0.818. The first kappa shape index (κ1) is 15.7. The Bertz CT molecular complexity index is 874. The molecule has 1 aromatic rings. The second kappa shape index (κ2) is 5.95. The standard InChI is InChI=1S/C19H19FN4O/c1-3-5-11-9-21-19(25)13-8-15(23-16(11)13)12-6-4-7-14-17(12)24-18(20)10(2)22-14/h3-4,6-8,11,14,17,23H,1,5,9H2,2H3,(H,21,25)/t11-,14?,17?/m0/s1. The third-order valence-electron chi connectivity index (χ3n) is 4.89. The molecular formula is C19H19FN4O. The van der Waals surface area contributed by atoms with Crippen molar-refractivity contribution < 1.29 is 9.18 Å². The summed E-state index contributed by atoms with van der Waals surface area (Å²) >= 11 is 0. The summed E-state index contributed by atoms with van der Waals surface area (Å²) < 4.78 is 14.0. The van der Waals surface area contributed by atoms with Crippen molar-refractivity contribution in [1.29, 1.82) is 0 Å². The van der Waals surface area contributed by atoms with Crippen LogP contribution in [0.2, 0.25) is 0 Å². The van der Waals surface area contributed by atoms with Gasteiger partial charge in [0.15, 0.2) is 0 Å². The molecule has 0 fully saturated rings. The van der Waals surface area contributed by atoms with Gasteiger partial charge in [-0.2, -0.15) is 4.39 Å². The minimum absolute atomic E-state index is 0.0893. The van der Waals surface area contributed by atoms with Crippen molar-refractivity contribution in [2.24, 2.45) is 9.98 Å². The molecule has 2 N–H and O–H groups in total. The predicted molar refractivity (Wildman–Crippen MR) is 97.0 cm³/mol. The number of carbonyl (C=O) groups excluding carboxylic acids is 1. The van der Waals surface area contributed by atoms with Crippen LogP contribution in [0, 0.1) is 0 Å². The van der Waals surface area contributed by atoms with Crippen molar-refractivity contribution in [3.05, 3.63) is 53.9 Å². The maximum atomic E-state index is 14.0. The van der Waals surface area contributed by atoms with Gasteiger partial charge in [-0.15, -0.1) is 6.58 Å². The van der Waals surface area contributed by atoms with Crippen molar-refractivity contribution in [2.75, 3.05) is 6.54 Å². The van der Waals surface area contributed by atoms with Crippen LogP contribution in [0.3, 0.4) is 0 Å². The summed E-state index contributed by atoms with van der Waals surface area (Å²) in [7, 11) is 0. The molecule has 0 saturated heterocycles. The molecule has 2 unspecified atom stereocenters. The van der Waals surface area contributed by atoms with Gasteiger partial charge in [0.2, 0.25) is 5.97 Å². The monoisotopic (exact) mass is 338 g/mol. The number of fused-ring (bicyclic) bond motifs is 2. The first-order valence-electron chi connectivity index (χ1n) is 8.37. The maximum absolute atomic E-state index is 14.0. The summed E-state index contributed by atoms with van der Waals surface area (Å²) in [5.74, 6) is -0.448. The van der Waals surface area contributed by atoms with Gasteiger partial charge in [-0.3, -0.25) is 9.79 Å². The van der Waals surface area contributed by atoms with Gasteiger partial charge in [-0.05, 0) is 19.4 Å². The van der Waals surface area contributed by atoms with E-state index in [0.29, 0.717) is 17.8 Å². The Hall–Kier alpha value is -2.76. The second-order valence-corrected chi connectivity index (χ2v) is 6.52. The largest absolute Gasteiger partial charge is 0.358 e. The van der Waals surface area contributed by atoms with Crippen LogP contribution in [0.15, 0.2) is 46.9 Å². The van der Waals surface area contributed by atoms with E-state index in [1.165, 1.54) is 0 Å². The van der Waals surface area contributed by atoms with Crippen LogP contribution >= 0.6 is 0 Å². The molecule has 2 aliphatic heterocycles. The molecule has 6 heteroatoms. The molecule has 0 saturated carbocycles. The van der Waals surface area contributed by atoms with Crippen LogP contribution in [0.5, 0.6) is 0 Å². The lowest BCUT2D eigenvalue weighted by Crippen LogP contribution is -2.34. The van der Waals surface area contributed by atoms with Crippen LogP contribution in [0.4, 0.5) is 4.39 Å². The van der Waals surface area contributed by atoms with Crippen LogP contribution < -0.4 is 5.32 Å². The Kier molecular flexibility index (Phi) is 3.75. The Morgan fingerprint density at radius 3 is 3.08 bits per heavy atom. The Balaban J connectivity index is 1.75. The highest BCUT2D eigenvalue weighted by atomic mass is 19.1. The summed E-state index contributed by atoms with van der Waals surface area (Å²) in [5, 5.41) is 2.91. The zero-order valence-electron chi connectivity index (χ0n) is 13.9. The van der Waals surface area contributed by atoms with Gasteiger partial charge in [0.1, 0.15) is 6.04 Å². The average Bonchev–Trinajstić information content (AvgIpc) is 3.04. The molecule has 25 heavy (non-hydrogen) atoms.